The Morgan fingerprint density at radius 3 is 2.67 bits per heavy atom. The van der Waals surface area contributed by atoms with Gasteiger partial charge in [0.15, 0.2) is 6.04 Å². The highest BCUT2D eigenvalue weighted by Crippen LogP contribution is 2.31. The number of hydrogen-bond acceptors (Lipinski definition) is 2. The van der Waals surface area contributed by atoms with Gasteiger partial charge in [-0.25, -0.2) is 0 Å². The lowest BCUT2D eigenvalue weighted by Gasteiger charge is -2.36. The van der Waals surface area contributed by atoms with E-state index in [0.717, 1.165) is 11.0 Å². The van der Waals surface area contributed by atoms with Gasteiger partial charge in [0, 0.05) is 12.2 Å². The predicted molar refractivity (Wildman–Crippen MR) is 87.0 cm³/mol. The molecule has 0 radical (unpaired) electrons. The molecule has 0 aromatic heterocycles. The highest BCUT2D eigenvalue weighted by molar-refractivity contribution is 5.80. The van der Waals surface area contributed by atoms with Crippen LogP contribution in [0.5, 0.6) is 0 Å². The van der Waals surface area contributed by atoms with E-state index in [1.54, 1.807) is 12.1 Å². The number of nitrogens with zero attached hydrogens (tertiary/aromatic N) is 1. The molecular weight excluding hydrogens is 319 g/mol. The third kappa shape index (κ3) is 4.50. The van der Waals surface area contributed by atoms with Crippen molar-refractivity contribution in [2.75, 3.05) is 37.6 Å². The van der Waals surface area contributed by atoms with Crippen molar-refractivity contribution in [3.63, 3.8) is 0 Å². The van der Waals surface area contributed by atoms with Crippen molar-refractivity contribution in [3.8, 4) is 0 Å². The Balaban J connectivity index is 1.95. The van der Waals surface area contributed by atoms with E-state index >= 15 is 0 Å². The van der Waals surface area contributed by atoms with Gasteiger partial charge >= 0.3 is 6.18 Å². The average molecular weight is 342 g/mol. The zero-order valence-corrected chi connectivity index (χ0v) is 13.7. The first kappa shape index (κ1) is 18.3. The molecule has 1 heterocycles. The van der Waals surface area contributed by atoms with E-state index in [9.17, 15) is 18.0 Å². The molecule has 1 aromatic rings. The maximum Gasteiger partial charge on any atom is 0.416 e. The topological polar surface area (TPSA) is 36.8 Å². The molecule has 1 saturated heterocycles. The number of carbonyl (C=O) groups is 1. The lowest BCUT2D eigenvalue weighted by atomic mass is 10.1. The number of anilines is 1. The number of piperazine rings is 1. The van der Waals surface area contributed by atoms with Crippen LogP contribution in [-0.4, -0.2) is 44.7 Å². The molecular formula is C17H23F3N3O+. The van der Waals surface area contributed by atoms with E-state index in [4.69, 9.17) is 0 Å². The molecule has 1 amide bonds. The van der Waals surface area contributed by atoms with Crippen LogP contribution in [0.3, 0.4) is 0 Å². The number of hydrogen-bond donors (Lipinski definition) is 2. The number of nitrogens with one attached hydrogen (secondary N) is 2. The quantitative estimate of drug-likeness (QED) is 0.787. The second kappa shape index (κ2) is 7.70. The van der Waals surface area contributed by atoms with Crippen LogP contribution in [0, 0.1) is 0 Å². The summed E-state index contributed by atoms with van der Waals surface area (Å²) >= 11 is 0. The van der Waals surface area contributed by atoms with Crippen LogP contribution in [0.4, 0.5) is 18.9 Å². The highest BCUT2D eigenvalue weighted by atomic mass is 19.4. The van der Waals surface area contributed by atoms with Crippen LogP contribution in [0.1, 0.15) is 12.5 Å². The summed E-state index contributed by atoms with van der Waals surface area (Å²) in [5.74, 6) is -0.0302. The third-order valence-corrected chi connectivity index (χ3v) is 4.37. The SMILES string of the molecule is C=CCNC(=O)[C@@H](C)[NH+]1CCN(c2cccc(C(F)(F)F)c2)CC1. The molecule has 1 aromatic carbocycles. The standard InChI is InChI=1S/C17H22F3N3O/c1-3-7-21-16(24)13(2)22-8-10-23(11-9-22)15-6-4-5-14(12-15)17(18,19)20/h3-6,12-13H,1,7-11H2,2H3,(H,21,24)/p+1/t13-/m1/s1. The first-order valence-corrected chi connectivity index (χ1v) is 7.98. The number of benzene rings is 1. The lowest BCUT2D eigenvalue weighted by Crippen LogP contribution is -3.19. The molecule has 24 heavy (non-hydrogen) atoms. The smallest absolute Gasteiger partial charge is 0.360 e. The highest BCUT2D eigenvalue weighted by Gasteiger charge is 2.32. The van der Waals surface area contributed by atoms with Crippen LogP contribution in [0.25, 0.3) is 0 Å². The van der Waals surface area contributed by atoms with Crippen molar-refractivity contribution in [1.29, 1.82) is 0 Å². The molecule has 1 fully saturated rings. The van der Waals surface area contributed by atoms with E-state index < -0.39 is 11.7 Å². The van der Waals surface area contributed by atoms with Gasteiger partial charge in [0.2, 0.25) is 0 Å². The normalized spacial score (nSPS) is 17.4. The minimum absolute atomic E-state index is 0.0302. The van der Waals surface area contributed by atoms with Gasteiger partial charge in [0.25, 0.3) is 5.91 Å². The first-order chi connectivity index (χ1) is 11.3. The van der Waals surface area contributed by atoms with E-state index in [0.29, 0.717) is 38.4 Å². The summed E-state index contributed by atoms with van der Waals surface area (Å²) in [6.45, 7) is 8.53. The average Bonchev–Trinajstić information content (AvgIpc) is 2.58. The van der Waals surface area contributed by atoms with Crippen molar-refractivity contribution in [2.45, 2.75) is 19.1 Å². The van der Waals surface area contributed by atoms with Gasteiger partial charge in [-0.1, -0.05) is 12.1 Å². The van der Waals surface area contributed by atoms with Crippen LogP contribution < -0.4 is 15.1 Å². The number of alkyl halides is 3. The molecule has 2 rings (SSSR count). The number of halogens is 3. The molecule has 2 N–H and O–H groups in total. The summed E-state index contributed by atoms with van der Waals surface area (Å²) < 4.78 is 38.5. The summed E-state index contributed by atoms with van der Waals surface area (Å²) in [6, 6.07) is 5.21. The zero-order chi connectivity index (χ0) is 17.7. The van der Waals surface area contributed by atoms with Crippen molar-refractivity contribution < 1.29 is 22.9 Å². The van der Waals surface area contributed by atoms with E-state index in [2.05, 4.69) is 11.9 Å². The molecule has 0 bridgehead atoms. The monoisotopic (exact) mass is 342 g/mol. The van der Waals surface area contributed by atoms with Gasteiger partial charge in [-0.3, -0.25) is 4.79 Å². The number of carbonyl (C=O) groups excluding carboxylic acids is 1. The van der Waals surface area contributed by atoms with Gasteiger partial charge in [0.05, 0.1) is 31.7 Å². The summed E-state index contributed by atoms with van der Waals surface area (Å²) in [7, 11) is 0. The summed E-state index contributed by atoms with van der Waals surface area (Å²) in [4.78, 5) is 15.1. The van der Waals surface area contributed by atoms with Gasteiger partial charge in [-0.15, -0.1) is 6.58 Å². The molecule has 1 aliphatic rings. The lowest BCUT2D eigenvalue weighted by molar-refractivity contribution is -0.914. The van der Waals surface area contributed by atoms with Gasteiger partial charge in [-0.05, 0) is 25.1 Å². The fourth-order valence-electron chi connectivity index (χ4n) is 2.88. The number of quaternary nitrogens is 1. The fourth-order valence-corrected chi connectivity index (χ4v) is 2.88. The van der Waals surface area contributed by atoms with Crippen LogP contribution >= 0.6 is 0 Å². The Labute approximate surface area is 139 Å². The van der Waals surface area contributed by atoms with Gasteiger partial charge in [0.1, 0.15) is 0 Å². The minimum atomic E-state index is -4.33. The summed E-state index contributed by atoms with van der Waals surface area (Å²) in [5.41, 5.74) is -0.0559. The maximum absolute atomic E-state index is 12.8. The number of amides is 1. The predicted octanol–water partition coefficient (Wildman–Crippen LogP) is 1.10. The Bertz CT molecular complexity index is 581. The van der Waals surface area contributed by atoms with E-state index in [1.807, 2.05) is 11.8 Å². The van der Waals surface area contributed by atoms with Crippen molar-refractivity contribution in [1.82, 2.24) is 5.32 Å². The molecule has 7 heteroatoms. The van der Waals surface area contributed by atoms with Gasteiger partial charge < -0.3 is 15.1 Å². The molecule has 0 spiro atoms. The second-order valence-corrected chi connectivity index (χ2v) is 5.95. The Hall–Kier alpha value is -2.02. The molecule has 1 aliphatic heterocycles. The Kier molecular flexibility index (Phi) is 5.88. The molecule has 0 unspecified atom stereocenters. The third-order valence-electron chi connectivity index (χ3n) is 4.37. The summed E-state index contributed by atoms with van der Waals surface area (Å²) in [6.07, 6.45) is -2.70. The molecule has 132 valence electrons. The van der Waals surface area contributed by atoms with E-state index in [-0.39, 0.29) is 11.9 Å². The van der Waals surface area contributed by atoms with Crippen LogP contribution in [-0.2, 0) is 11.0 Å². The van der Waals surface area contributed by atoms with Gasteiger partial charge in [-0.2, -0.15) is 13.2 Å². The van der Waals surface area contributed by atoms with Crippen molar-refractivity contribution in [3.05, 3.63) is 42.5 Å². The van der Waals surface area contributed by atoms with Crippen molar-refractivity contribution >= 4 is 11.6 Å². The first-order valence-electron chi connectivity index (χ1n) is 7.98. The molecule has 0 aliphatic carbocycles. The van der Waals surface area contributed by atoms with Crippen molar-refractivity contribution in [2.24, 2.45) is 0 Å². The fraction of sp³-hybridized carbons (Fsp3) is 0.471. The Morgan fingerprint density at radius 1 is 1.42 bits per heavy atom. The maximum atomic E-state index is 12.8. The minimum Gasteiger partial charge on any atom is -0.360 e. The molecule has 1 atom stereocenters. The van der Waals surface area contributed by atoms with E-state index in [1.165, 1.54) is 12.1 Å². The zero-order valence-electron chi connectivity index (χ0n) is 13.7. The van der Waals surface area contributed by atoms with Crippen LogP contribution in [0.15, 0.2) is 36.9 Å². The largest absolute Gasteiger partial charge is 0.416 e. The summed E-state index contributed by atoms with van der Waals surface area (Å²) in [5, 5.41) is 2.78. The molecule has 0 saturated carbocycles. The molecule has 4 nitrogen and oxygen atoms in total. The van der Waals surface area contributed by atoms with Crippen LogP contribution in [0.2, 0.25) is 0 Å². The Morgan fingerprint density at radius 2 is 2.08 bits per heavy atom. The number of rotatable bonds is 5. The second-order valence-electron chi connectivity index (χ2n) is 5.95.